The van der Waals surface area contributed by atoms with Gasteiger partial charge >= 0.3 is 0 Å². The van der Waals surface area contributed by atoms with E-state index in [2.05, 4.69) is 5.32 Å². The number of carbonyl (C=O) groups is 1. The molecule has 1 atom stereocenters. The van der Waals surface area contributed by atoms with Gasteiger partial charge in [-0.05, 0) is 29.8 Å². The first-order chi connectivity index (χ1) is 13.5. The summed E-state index contributed by atoms with van der Waals surface area (Å²) >= 11 is 6.20. The number of benzene rings is 2. The molecule has 28 heavy (non-hydrogen) atoms. The molecule has 7 heteroatoms. The lowest BCUT2D eigenvalue weighted by molar-refractivity contribution is -0.117. The van der Waals surface area contributed by atoms with Crippen molar-refractivity contribution >= 4 is 23.6 Å². The highest BCUT2D eigenvalue weighted by molar-refractivity contribution is 6.31. The molecule has 0 heterocycles. The van der Waals surface area contributed by atoms with E-state index in [0.717, 1.165) is 11.1 Å². The average Bonchev–Trinajstić information content (AvgIpc) is 2.72. The molecule has 0 aliphatic rings. The van der Waals surface area contributed by atoms with Crippen LogP contribution in [-0.2, 0) is 9.53 Å². The van der Waals surface area contributed by atoms with Crippen LogP contribution in [0.25, 0.3) is 6.08 Å². The second-order valence-electron chi connectivity index (χ2n) is 5.78. The van der Waals surface area contributed by atoms with E-state index in [4.69, 9.17) is 30.5 Å². The van der Waals surface area contributed by atoms with Gasteiger partial charge in [0.1, 0.15) is 6.10 Å². The zero-order chi connectivity index (χ0) is 20.5. The number of carbonyl (C=O) groups excluding carboxylic acids is 1. The Morgan fingerprint density at radius 1 is 1.07 bits per heavy atom. The molecule has 1 unspecified atom stereocenters. The molecular weight excluding hydrogens is 382 g/mol. The second-order valence-corrected chi connectivity index (χ2v) is 6.19. The summed E-state index contributed by atoms with van der Waals surface area (Å²) in [6, 6.07) is 10.9. The monoisotopic (exact) mass is 405 g/mol. The van der Waals surface area contributed by atoms with Gasteiger partial charge in [0.15, 0.2) is 11.5 Å². The van der Waals surface area contributed by atoms with Crippen LogP contribution in [0.4, 0.5) is 0 Å². The van der Waals surface area contributed by atoms with Gasteiger partial charge in [-0.25, -0.2) is 0 Å². The second kappa shape index (κ2) is 10.6. The average molecular weight is 406 g/mol. The van der Waals surface area contributed by atoms with Gasteiger partial charge in [-0.15, -0.1) is 0 Å². The third-order valence-corrected chi connectivity index (χ3v) is 4.46. The van der Waals surface area contributed by atoms with E-state index in [1.54, 1.807) is 31.4 Å². The first-order valence-electron chi connectivity index (χ1n) is 8.57. The quantitative estimate of drug-likeness (QED) is 0.641. The van der Waals surface area contributed by atoms with Gasteiger partial charge in [0.25, 0.3) is 0 Å². The minimum Gasteiger partial charge on any atom is -0.493 e. The molecule has 0 bridgehead atoms. The van der Waals surface area contributed by atoms with Crippen LogP contribution >= 0.6 is 11.6 Å². The molecule has 2 rings (SSSR count). The Bertz CT molecular complexity index is 812. The van der Waals surface area contributed by atoms with E-state index in [9.17, 15) is 4.79 Å². The summed E-state index contributed by atoms with van der Waals surface area (Å²) in [6.45, 7) is 0.290. The predicted molar refractivity (Wildman–Crippen MR) is 109 cm³/mol. The van der Waals surface area contributed by atoms with Crippen LogP contribution in [0.15, 0.2) is 42.5 Å². The van der Waals surface area contributed by atoms with E-state index in [0.29, 0.717) is 28.8 Å². The van der Waals surface area contributed by atoms with Gasteiger partial charge in [0, 0.05) is 30.3 Å². The molecule has 0 spiro atoms. The fourth-order valence-electron chi connectivity index (χ4n) is 2.68. The smallest absolute Gasteiger partial charge is 0.244 e. The number of hydrogen-bond acceptors (Lipinski definition) is 5. The van der Waals surface area contributed by atoms with Crippen molar-refractivity contribution in [2.75, 3.05) is 35.0 Å². The maximum atomic E-state index is 12.2. The predicted octanol–water partition coefficient (Wildman–Crippen LogP) is 3.88. The van der Waals surface area contributed by atoms with Crippen LogP contribution in [0, 0.1) is 0 Å². The molecule has 1 amide bonds. The minimum atomic E-state index is -0.341. The molecule has 0 aliphatic heterocycles. The number of rotatable bonds is 9. The standard InChI is InChI=1S/C21H24ClNO5/c1-25-17-11-14(12-18(26-2)21(17)28-4)9-10-20(24)23-13-19(27-3)15-7-5-6-8-16(15)22/h5-12,19H,13H2,1-4H3,(H,23,24)/b10-9+. The molecule has 0 saturated heterocycles. The van der Waals surface area contributed by atoms with Crippen molar-refractivity contribution < 1.29 is 23.7 Å². The summed E-state index contributed by atoms with van der Waals surface area (Å²) in [5.74, 6) is 1.26. The number of amides is 1. The molecule has 150 valence electrons. The Morgan fingerprint density at radius 2 is 1.71 bits per heavy atom. The maximum Gasteiger partial charge on any atom is 0.244 e. The molecule has 2 aromatic carbocycles. The van der Waals surface area contributed by atoms with E-state index < -0.39 is 0 Å². The number of ether oxygens (including phenoxy) is 4. The minimum absolute atomic E-state index is 0.261. The topological polar surface area (TPSA) is 66.0 Å². The highest BCUT2D eigenvalue weighted by Gasteiger charge is 2.15. The summed E-state index contributed by atoms with van der Waals surface area (Å²) in [4.78, 5) is 12.2. The van der Waals surface area contributed by atoms with E-state index >= 15 is 0 Å². The summed E-state index contributed by atoms with van der Waals surface area (Å²) in [7, 11) is 6.19. The van der Waals surface area contributed by atoms with Gasteiger partial charge in [0.05, 0.1) is 21.3 Å². The van der Waals surface area contributed by atoms with Gasteiger partial charge in [-0.3, -0.25) is 4.79 Å². The molecule has 1 N–H and O–H groups in total. The normalized spacial score (nSPS) is 11.9. The summed E-state index contributed by atoms with van der Waals surface area (Å²) in [5, 5.41) is 3.41. The Kier molecular flexibility index (Phi) is 8.17. The molecule has 0 radical (unpaired) electrons. The first-order valence-corrected chi connectivity index (χ1v) is 8.95. The van der Waals surface area contributed by atoms with Gasteiger partial charge in [-0.2, -0.15) is 0 Å². The first kappa shape index (κ1) is 21.6. The number of halogens is 1. The Balaban J connectivity index is 2.06. The third kappa shape index (κ3) is 5.41. The lowest BCUT2D eigenvalue weighted by Crippen LogP contribution is -2.27. The van der Waals surface area contributed by atoms with E-state index in [1.165, 1.54) is 27.4 Å². The van der Waals surface area contributed by atoms with Crippen molar-refractivity contribution in [2.24, 2.45) is 0 Å². The zero-order valence-corrected chi connectivity index (χ0v) is 17.1. The van der Waals surface area contributed by atoms with Gasteiger partial charge in [-0.1, -0.05) is 29.8 Å². The number of methoxy groups -OCH3 is 4. The largest absolute Gasteiger partial charge is 0.493 e. The summed E-state index contributed by atoms with van der Waals surface area (Å²) in [5.41, 5.74) is 1.56. The molecular formula is C21H24ClNO5. The van der Waals surface area contributed by atoms with Crippen LogP contribution in [0.1, 0.15) is 17.2 Å². The van der Waals surface area contributed by atoms with Crippen molar-refractivity contribution in [3.05, 3.63) is 58.6 Å². The van der Waals surface area contributed by atoms with Crippen LogP contribution < -0.4 is 19.5 Å². The molecule has 0 aromatic heterocycles. The van der Waals surface area contributed by atoms with Crippen molar-refractivity contribution in [3.8, 4) is 17.2 Å². The summed E-state index contributed by atoms with van der Waals surface area (Å²) in [6.07, 6.45) is 2.75. The fraction of sp³-hybridized carbons (Fsp3) is 0.286. The van der Waals surface area contributed by atoms with Crippen molar-refractivity contribution in [2.45, 2.75) is 6.10 Å². The Morgan fingerprint density at radius 3 is 2.25 bits per heavy atom. The lowest BCUT2D eigenvalue weighted by Gasteiger charge is -2.17. The molecule has 0 aliphatic carbocycles. The zero-order valence-electron chi connectivity index (χ0n) is 16.3. The molecule has 6 nitrogen and oxygen atoms in total. The maximum absolute atomic E-state index is 12.2. The SMILES string of the molecule is COc1cc(/C=C/C(=O)NCC(OC)c2ccccc2Cl)cc(OC)c1OC. The summed E-state index contributed by atoms with van der Waals surface area (Å²) < 4.78 is 21.4. The van der Waals surface area contributed by atoms with Crippen LogP contribution in [0.2, 0.25) is 5.02 Å². The van der Waals surface area contributed by atoms with Crippen LogP contribution in [0.3, 0.4) is 0 Å². The van der Waals surface area contributed by atoms with Gasteiger partial charge < -0.3 is 24.3 Å². The highest BCUT2D eigenvalue weighted by atomic mass is 35.5. The number of nitrogens with one attached hydrogen (secondary N) is 1. The van der Waals surface area contributed by atoms with Gasteiger partial charge in [0.2, 0.25) is 11.7 Å². The van der Waals surface area contributed by atoms with Crippen molar-refractivity contribution in [3.63, 3.8) is 0 Å². The van der Waals surface area contributed by atoms with E-state index in [-0.39, 0.29) is 12.0 Å². The van der Waals surface area contributed by atoms with E-state index in [1.807, 2.05) is 18.2 Å². The van der Waals surface area contributed by atoms with Crippen LogP contribution in [-0.4, -0.2) is 40.9 Å². The molecule has 0 fully saturated rings. The number of hydrogen-bond donors (Lipinski definition) is 1. The molecule has 0 saturated carbocycles. The lowest BCUT2D eigenvalue weighted by atomic mass is 10.1. The Hall–Kier alpha value is -2.70. The Labute approximate surface area is 170 Å². The fourth-order valence-corrected chi connectivity index (χ4v) is 2.94. The van der Waals surface area contributed by atoms with Crippen molar-refractivity contribution in [1.82, 2.24) is 5.32 Å². The van der Waals surface area contributed by atoms with Crippen molar-refractivity contribution in [1.29, 1.82) is 0 Å². The highest BCUT2D eigenvalue weighted by Crippen LogP contribution is 2.38. The van der Waals surface area contributed by atoms with Crippen LogP contribution in [0.5, 0.6) is 17.2 Å². The molecule has 2 aromatic rings. The third-order valence-electron chi connectivity index (χ3n) is 4.11.